The molecule has 1 aromatic carbocycles. The molecule has 2 aromatic rings. The molecule has 0 unspecified atom stereocenters. The summed E-state index contributed by atoms with van der Waals surface area (Å²) in [6.07, 6.45) is -5.19. The van der Waals surface area contributed by atoms with Gasteiger partial charge in [0.2, 0.25) is 0 Å². The number of carbonyl (C=O) groups excluding carboxylic acids is 3. The Labute approximate surface area is 223 Å². The molecule has 38 heavy (non-hydrogen) atoms. The number of hydrogen-bond donors (Lipinski definition) is 1. The number of aromatic nitrogens is 1. The zero-order chi connectivity index (χ0) is 28.1. The van der Waals surface area contributed by atoms with E-state index < -0.39 is 42.4 Å². The fourth-order valence-corrected chi connectivity index (χ4v) is 4.52. The van der Waals surface area contributed by atoms with Gasteiger partial charge in [0.15, 0.2) is 24.5 Å². The first kappa shape index (κ1) is 28.1. The summed E-state index contributed by atoms with van der Waals surface area (Å²) >= 11 is 5.61. The van der Waals surface area contributed by atoms with E-state index in [0.717, 1.165) is 25.3 Å². The molecule has 0 radical (unpaired) electrons. The van der Waals surface area contributed by atoms with Crippen LogP contribution in [0, 0.1) is 27.3 Å². The maximum atomic E-state index is 12.0. The zero-order valence-corrected chi connectivity index (χ0v) is 21.7. The Morgan fingerprint density at radius 3 is 2.03 bits per heavy atom. The molecule has 13 heteroatoms. The second-order valence-corrected chi connectivity index (χ2v) is 8.54. The molecule has 0 saturated carbocycles. The molecule has 1 aliphatic rings. The topological polar surface area (TPSA) is 176 Å². The molecule has 1 saturated heterocycles. The Balaban J connectivity index is 2.26. The standard InChI is InChI=1S/C25H24N4O8S/c1-12(30)35-19-11-34-24(22(37-14(3)32)21(19)36-13(2)31)29-23(28)17(9-26)20(18(10-27)25(29)38)15-5-7-16(33-4)8-6-15/h5-8,19,21-22,24H,11,28H2,1-4H3/t19-,21+,22+,24+/m0/s1. The van der Waals surface area contributed by atoms with Crippen LogP contribution < -0.4 is 10.5 Å². The number of anilines is 1. The smallest absolute Gasteiger partial charge is 0.303 e. The van der Waals surface area contributed by atoms with Crippen LogP contribution in [0.25, 0.3) is 11.1 Å². The van der Waals surface area contributed by atoms with E-state index >= 15 is 0 Å². The zero-order valence-electron chi connectivity index (χ0n) is 20.9. The van der Waals surface area contributed by atoms with Crippen LogP contribution in [-0.4, -0.2) is 54.5 Å². The van der Waals surface area contributed by atoms with Crippen LogP contribution in [-0.2, 0) is 33.3 Å². The van der Waals surface area contributed by atoms with E-state index in [1.54, 1.807) is 24.3 Å². The first-order valence-corrected chi connectivity index (χ1v) is 11.6. The lowest BCUT2D eigenvalue weighted by Crippen LogP contribution is -2.55. The molecule has 12 nitrogen and oxygen atoms in total. The Bertz CT molecular complexity index is 1410. The van der Waals surface area contributed by atoms with Gasteiger partial charge in [-0.15, -0.1) is 0 Å². The van der Waals surface area contributed by atoms with Crippen molar-refractivity contribution in [2.24, 2.45) is 0 Å². The lowest BCUT2D eigenvalue weighted by molar-refractivity contribution is -0.239. The van der Waals surface area contributed by atoms with Crippen molar-refractivity contribution < 1.29 is 38.1 Å². The van der Waals surface area contributed by atoms with Crippen LogP contribution in [0.15, 0.2) is 24.3 Å². The SMILES string of the molecule is COc1ccc(-c2c(C#N)c(N)n([C@@H]3OC[C@H](OC(C)=O)[C@@H](OC(C)=O)[C@H]3OC(C)=O)c(=S)c2C#N)cc1. The van der Waals surface area contributed by atoms with Crippen LogP contribution in [0.4, 0.5) is 5.82 Å². The van der Waals surface area contributed by atoms with Gasteiger partial charge in [-0.3, -0.25) is 19.0 Å². The summed E-state index contributed by atoms with van der Waals surface area (Å²) in [5, 5.41) is 20.1. The largest absolute Gasteiger partial charge is 0.497 e. The van der Waals surface area contributed by atoms with Gasteiger partial charge in [-0.25, -0.2) is 0 Å². The number of esters is 3. The number of ether oxygens (including phenoxy) is 5. The van der Waals surface area contributed by atoms with E-state index in [-0.39, 0.29) is 33.8 Å². The summed E-state index contributed by atoms with van der Waals surface area (Å²) in [4.78, 5) is 35.6. The van der Waals surface area contributed by atoms with Crippen molar-refractivity contribution in [1.82, 2.24) is 4.57 Å². The molecule has 1 fully saturated rings. The minimum Gasteiger partial charge on any atom is -0.497 e. The highest BCUT2D eigenvalue weighted by Crippen LogP contribution is 2.38. The number of nitrogen functional groups attached to an aromatic ring is 1. The molecule has 2 heterocycles. The van der Waals surface area contributed by atoms with Gasteiger partial charge in [0.1, 0.15) is 33.9 Å². The molecule has 3 rings (SSSR count). The maximum Gasteiger partial charge on any atom is 0.303 e. The number of pyridine rings is 1. The predicted octanol–water partition coefficient (Wildman–Crippen LogP) is 2.54. The minimum atomic E-state index is -1.41. The van der Waals surface area contributed by atoms with Gasteiger partial charge in [0, 0.05) is 26.3 Å². The van der Waals surface area contributed by atoms with Gasteiger partial charge < -0.3 is 29.4 Å². The first-order valence-electron chi connectivity index (χ1n) is 11.2. The number of benzene rings is 1. The third-order valence-corrected chi connectivity index (χ3v) is 6.03. The maximum absolute atomic E-state index is 12.0. The third kappa shape index (κ3) is 5.59. The quantitative estimate of drug-likeness (QED) is 0.322. The van der Waals surface area contributed by atoms with Crippen molar-refractivity contribution in [1.29, 1.82) is 10.5 Å². The van der Waals surface area contributed by atoms with Crippen molar-refractivity contribution in [3.63, 3.8) is 0 Å². The lowest BCUT2D eigenvalue weighted by Gasteiger charge is -2.41. The molecular weight excluding hydrogens is 516 g/mol. The summed E-state index contributed by atoms with van der Waals surface area (Å²) in [6, 6.07) is 10.6. The second-order valence-electron chi connectivity index (χ2n) is 8.16. The molecule has 1 aromatic heterocycles. The van der Waals surface area contributed by atoms with Gasteiger partial charge in [0.25, 0.3) is 0 Å². The summed E-state index contributed by atoms with van der Waals surface area (Å²) in [6.45, 7) is 3.10. The number of hydrogen-bond acceptors (Lipinski definition) is 12. The van der Waals surface area contributed by atoms with E-state index in [9.17, 15) is 24.9 Å². The van der Waals surface area contributed by atoms with Crippen LogP contribution in [0.1, 0.15) is 38.1 Å². The molecule has 0 bridgehead atoms. The van der Waals surface area contributed by atoms with Crippen molar-refractivity contribution in [3.8, 4) is 29.0 Å². The van der Waals surface area contributed by atoms with Crippen LogP contribution in [0.5, 0.6) is 5.75 Å². The number of carbonyl (C=O) groups is 3. The molecule has 4 atom stereocenters. The Kier molecular flexibility index (Phi) is 8.68. The van der Waals surface area contributed by atoms with Gasteiger partial charge in [-0.2, -0.15) is 10.5 Å². The van der Waals surface area contributed by atoms with Crippen molar-refractivity contribution in [2.45, 2.75) is 45.3 Å². The van der Waals surface area contributed by atoms with E-state index in [2.05, 4.69) is 0 Å². The fraction of sp³-hybridized carbons (Fsp3) is 0.360. The Morgan fingerprint density at radius 1 is 0.974 bits per heavy atom. The number of nitrogens with zero attached hydrogens (tertiary/aromatic N) is 3. The van der Waals surface area contributed by atoms with Gasteiger partial charge in [0.05, 0.1) is 19.3 Å². The summed E-state index contributed by atoms with van der Waals surface area (Å²) in [7, 11) is 1.50. The molecule has 0 amide bonds. The number of rotatable bonds is 6. The predicted molar refractivity (Wildman–Crippen MR) is 133 cm³/mol. The highest BCUT2D eigenvalue weighted by Gasteiger charge is 2.48. The highest BCUT2D eigenvalue weighted by molar-refractivity contribution is 7.71. The van der Waals surface area contributed by atoms with Crippen LogP contribution in [0.3, 0.4) is 0 Å². The van der Waals surface area contributed by atoms with E-state index in [1.165, 1.54) is 7.11 Å². The van der Waals surface area contributed by atoms with Gasteiger partial charge in [-0.1, -0.05) is 24.4 Å². The first-order chi connectivity index (χ1) is 18.0. The minimum absolute atomic E-state index is 0.0627. The van der Waals surface area contributed by atoms with Gasteiger partial charge in [-0.05, 0) is 17.7 Å². The second kappa shape index (κ2) is 11.7. The lowest BCUT2D eigenvalue weighted by atomic mass is 9.95. The number of nitriles is 2. The van der Waals surface area contributed by atoms with E-state index in [1.807, 2.05) is 12.1 Å². The normalized spacial score (nSPS) is 20.4. The summed E-state index contributed by atoms with van der Waals surface area (Å²) < 4.78 is 28.1. The molecule has 1 aliphatic heterocycles. The summed E-state index contributed by atoms with van der Waals surface area (Å²) in [5.74, 6) is -1.83. The fourth-order valence-electron chi connectivity index (χ4n) is 4.17. The Hall–Kier alpha value is -4.46. The molecule has 198 valence electrons. The molecule has 0 aliphatic carbocycles. The van der Waals surface area contributed by atoms with Crippen molar-refractivity contribution in [3.05, 3.63) is 40.0 Å². The van der Waals surface area contributed by atoms with Crippen molar-refractivity contribution >= 4 is 35.9 Å². The Morgan fingerprint density at radius 2 is 1.53 bits per heavy atom. The molecular formula is C25H24N4O8S. The highest BCUT2D eigenvalue weighted by atomic mass is 32.1. The van der Waals surface area contributed by atoms with Crippen LogP contribution in [0.2, 0.25) is 0 Å². The van der Waals surface area contributed by atoms with E-state index in [4.69, 9.17) is 41.6 Å². The average Bonchev–Trinajstić information content (AvgIpc) is 2.86. The summed E-state index contributed by atoms with van der Waals surface area (Å²) in [5.41, 5.74) is 6.96. The van der Waals surface area contributed by atoms with Gasteiger partial charge >= 0.3 is 17.9 Å². The average molecular weight is 541 g/mol. The third-order valence-electron chi connectivity index (χ3n) is 5.63. The molecule has 0 spiro atoms. The van der Waals surface area contributed by atoms with E-state index in [0.29, 0.717) is 11.3 Å². The molecule has 2 N–H and O–H groups in total. The van der Waals surface area contributed by atoms with Crippen molar-refractivity contribution in [2.75, 3.05) is 19.5 Å². The number of methoxy groups -OCH3 is 1. The van der Waals surface area contributed by atoms with Crippen LogP contribution >= 0.6 is 12.2 Å². The monoisotopic (exact) mass is 540 g/mol. The number of nitrogens with two attached hydrogens (primary N) is 1.